The normalized spacial score (nSPS) is 10.9. The van der Waals surface area contributed by atoms with Gasteiger partial charge < -0.3 is 0 Å². The van der Waals surface area contributed by atoms with Crippen LogP contribution in [0.25, 0.3) is 16.6 Å². The minimum Gasteiger partial charge on any atom is -0.261 e. The smallest absolute Gasteiger partial charge is 0.261 e. The largest absolute Gasteiger partial charge is 0.352 e. The molecule has 0 aliphatic carbocycles. The number of hydrogen-bond donors (Lipinski definition) is 0. The summed E-state index contributed by atoms with van der Waals surface area (Å²) < 4.78 is 1.68. The van der Waals surface area contributed by atoms with Crippen molar-refractivity contribution in [3.8, 4) is 5.69 Å². The van der Waals surface area contributed by atoms with Crippen molar-refractivity contribution in [3.63, 3.8) is 0 Å². The fraction of sp³-hybridized carbons (Fsp3) is 0.176. The maximum atomic E-state index is 12.3. The maximum Gasteiger partial charge on any atom is 0.352 e. The molecule has 0 atom stereocenters. The summed E-state index contributed by atoms with van der Waals surface area (Å²) in [5, 5.41) is 1.02. The minimum absolute atomic E-state index is 0.227. The summed E-state index contributed by atoms with van der Waals surface area (Å²) in [6, 6.07) is 15.9. The summed E-state index contributed by atoms with van der Waals surface area (Å²) in [6.07, 6.45) is 0.945. The number of rotatable bonds is 2. The van der Waals surface area contributed by atoms with Crippen molar-refractivity contribution in [3.05, 3.63) is 70.3 Å². The lowest BCUT2D eigenvalue weighted by molar-refractivity contribution is 0.938. The first-order chi connectivity index (χ1) is 9.70. The summed E-state index contributed by atoms with van der Waals surface area (Å²) >= 11 is 0. The molecule has 1 heterocycles. The highest BCUT2D eigenvalue weighted by molar-refractivity contribution is 5.83. The number of nitrogens with zero attached hydrogens (tertiary/aromatic N) is 2. The van der Waals surface area contributed by atoms with Gasteiger partial charge in [0.15, 0.2) is 0 Å². The van der Waals surface area contributed by atoms with Gasteiger partial charge in [-0.05, 0) is 37.1 Å². The van der Waals surface area contributed by atoms with Gasteiger partial charge in [-0.1, -0.05) is 37.3 Å². The number of aromatic nitrogens is 2. The fourth-order valence-electron chi connectivity index (χ4n) is 2.47. The van der Waals surface area contributed by atoms with Gasteiger partial charge in [0.25, 0.3) is 0 Å². The Bertz CT molecular complexity index is 820. The predicted molar refractivity (Wildman–Crippen MR) is 81.5 cm³/mol. The molecule has 0 saturated heterocycles. The second-order valence-electron chi connectivity index (χ2n) is 4.86. The summed E-state index contributed by atoms with van der Waals surface area (Å²) in [5.41, 5.74) is 3.54. The summed E-state index contributed by atoms with van der Waals surface area (Å²) in [6.45, 7) is 3.99. The lowest BCUT2D eigenvalue weighted by Crippen LogP contribution is -2.22. The third kappa shape index (κ3) is 2.01. The van der Waals surface area contributed by atoms with E-state index in [1.54, 1.807) is 4.57 Å². The summed E-state index contributed by atoms with van der Waals surface area (Å²) in [5.74, 6) is 0. The Balaban J connectivity index is 2.44. The zero-order valence-electron chi connectivity index (χ0n) is 11.6. The van der Waals surface area contributed by atoms with Crippen LogP contribution in [-0.4, -0.2) is 9.55 Å². The van der Waals surface area contributed by atoms with Crippen LogP contribution in [0.5, 0.6) is 0 Å². The molecule has 1 aromatic heterocycles. The molecule has 0 unspecified atom stereocenters. The van der Waals surface area contributed by atoms with Gasteiger partial charge in [-0.3, -0.25) is 4.57 Å². The van der Waals surface area contributed by atoms with Crippen LogP contribution in [0.2, 0.25) is 0 Å². The highest BCUT2D eigenvalue weighted by atomic mass is 16.1. The Morgan fingerprint density at radius 1 is 1.10 bits per heavy atom. The highest BCUT2D eigenvalue weighted by Crippen LogP contribution is 2.20. The average Bonchev–Trinajstić information content (AvgIpc) is 2.47. The third-order valence-corrected chi connectivity index (χ3v) is 3.57. The number of fused-ring (bicyclic) bond motifs is 1. The van der Waals surface area contributed by atoms with E-state index in [1.807, 2.05) is 37.3 Å². The Morgan fingerprint density at radius 2 is 1.85 bits per heavy atom. The van der Waals surface area contributed by atoms with E-state index in [4.69, 9.17) is 0 Å². The second-order valence-corrected chi connectivity index (χ2v) is 4.86. The maximum absolute atomic E-state index is 12.3. The van der Waals surface area contributed by atoms with Crippen LogP contribution in [0.3, 0.4) is 0 Å². The molecule has 2 aromatic carbocycles. The molecule has 0 radical (unpaired) electrons. The predicted octanol–water partition coefficient (Wildman–Crippen LogP) is 3.26. The van der Waals surface area contributed by atoms with Crippen LogP contribution in [0, 0.1) is 6.92 Å². The van der Waals surface area contributed by atoms with Crippen LogP contribution in [-0.2, 0) is 6.42 Å². The van der Waals surface area contributed by atoms with Crippen molar-refractivity contribution < 1.29 is 0 Å². The van der Waals surface area contributed by atoms with Gasteiger partial charge in [-0.2, -0.15) is 4.98 Å². The molecule has 100 valence electrons. The van der Waals surface area contributed by atoms with E-state index in [2.05, 4.69) is 30.1 Å². The summed E-state index contributed by atoms with van der Waals surface area (Å²) in [7, 11) is 0. The van der Waals surface area contributed by atoms with E-state index >= 15 is 0 Å². The third-order valence-electron chi connectivity index (χ3n) is 3.57. The van der Waals surface area contributed by atoms with Crippen LogP contribution in [0.15, 0.2) is 53.3 Å². The zero-order chi connectivity index (χ0) is 14.1. The van der Waals surface area contributed by atoms with E-state index in [0.717, 1.165) is 28.7 Å². The topological polar surface area (TPSA) is 34.9 Å². The van der Waals surface area contributed by atoms with Crippen molar-refractivity contribution >= 4 is 10.9 Å². The van der Waals surface area contributed by atoms with Gasteiger partial charge in [-0.25, -0.2) is 4.79 Å². The number of benzene rings is 2. The molecule has 0 saturated carbocycles. The Kier molecular flexibility index (Phi) is 3.11. The number of hydrogen-bond acceptors (Lipinski definition) is 2. The molecule has 0 spiro atoms. The van der Waals surface area contributed by atoms with Crippen molar-refractivity contribution in [2.75, 3.05) is 0 Å². The fourth-order valence-corrected chi connectivity index (χ4v) is 2.47. The van der Waals surface area contributed by atoms with Gasteiger partial charge >= 0.3 is 5.69 Å². The van der Waals surface area contributed by atoms with Crippen molar-refractivity contribution in [1.29, 1.82) is 0 Å². The molecule has 0 amide bonds. The highest BCUT2D eigenvalue weighted by Gasteiger charge is 2.09. The van der Waals surface area contributed by atoms with E-state index in [0.29, 0.717) is 0 Å². The van der Waals surface area contributed by atoms with Crippen LogP contribution in [0.4, 0.5) is 0 Å². The molecule has 20 heavy (non-hydrogen) atoms. The van der Waals surface area contributed by atoms with Crippen molar-refractivity contribution in [1.82, 2.24) is 9.55 Å². The Labute approximate surface area is 117 Å². The monoisotopic (exact) mass is 264 g/mol. The quantitative estimate of drug-likeness (QED) is 0.712. The molecule has 0 aliphatic rings. The minimum atomic E-state index is -0.227. The lowest BCUT2D eigenvalue weighted by atomic mass is 10.1. The molecule has 3 nitrogen and oxygen atoms in total. The van der Waals surface area contributed by atoms with Gasteiger partial charge in [0.05, 0.1) is 16.9 Å². The average molecular weight is 264 g/mol. The van der Waals surface area contributed by atoms with E-state index in [-0.39, 0.29) is 5.69 Å². The molecule has 0 N–H and O–H groups in total. The first-order valence-corrected chi connectivity index (χ1v) is 6.78. The lowest BCUT2D eigenvalue weighted by Gasteiger charge is -2.12. The van der Waals surface area contributed by atoms with Crippen LogP contribution < -0.4 is 5.69 Å². The first-order valence-electron chi connectivity index (χ1n) is 6.78. The molecule has 3 aromatic rings. The molecule has 3 rings (SSSR count). The Morgan fingerprint density at radius 3 is 2.55 bits per heavy atom. The number of para-hydroxylation sites is 1. The molecule has 0 bridgehead atoms. The molecule has 0 aliphatic heterocycles. The van der Waals surface area contributed by atoms with Gasteiger partial charge in [0.2, 0.25) is 0 Å². The standard InChI is InChI=1S/C17H16N2O/c1-3-13-9-10-15-12(2)18-17(20)19(16(15)11-13)14-7-5-4-6-8-14/h4-11H,3H2,1-2H3. The van der Waals surface area contributed by atoms with Crippen LogP contribution >= 0.6 is 0 Å². The second kappa shape index (κ2) is 4.93. The number of aryl methyl sites for hydroxylation is 2. The zero-order valence-corrected chi connectivity index (χ0v) is 11.6. The van der Waals surface area contributed by atoms with Crippen molar-refractivity contribution in [2.24, 2.45) is 0 Å². The molecule has 3 heteroatoms. The molecular weight excluding hydrogens is 248 g/mol. The summed E-state index contributed by atoms with van der Waals surface area (Å²) in [4.78, 5) is 16.4. The van der Waals surface area contributed by atoms with Crippen molar-refractivity contribution in [2.45, 2.75) is 20.3 Å². The van der Waals surface area contributed by atoms with E-state index in [1.165, 1.54) is 5.56 Å². The molecular formula is C17H16N2O. The van der Waals surface area contributed by atoms with Gasteiger partial charge in [0.1, 0.15) is 0 Å². The van der Waals surface area contributed by atoms with Crippen LogP contribution in [0.1, 0.15) is 18.2 Å². The van der Waals surface area contributed by atoms with E-state index in [9.17, 15) is 4.79 Å². The first kappa shape index (κ1) is 12.6. The van der Waals surface area contributed by atoms with Gasteiger partial charge in [-0.15, -0.1) is 0 Å². The van der Waals surface area contributed by atoms with Gasteiger partial charge in [0, 0.05) is 5.39 Å². The molecule has 0 fully saturated rings. The SMILES string of the molecule is CCc1ccc2c(C)nc(=O)n(-c3ccccc3)c2c1. The Hall–Kier alpha value is -2.42. The van der Waals surface area contributed by atoms with E-state index < -0.39 is 0 Å².